The zero-order valence-corrected chi connectivity index (χ0v) is 8.09. The quantitative estimate of drug-likeness (QED) is 0.676. The maximum atomic E-state index is 10.9. The third kappa shape index (κ3) is 5.73. The lowest BCUT2D eigenvalue weighted by Crippen LogP contribution is -2.22. The van der Waals surface area contributed by atoms with E-state index in [4.69, 9.17) is 0 Å². The highest BCUT2D eigenvalue weighted by Gasteiger charge is 2.00. The summed E-state index contributed by atoms with van der Waals surface area (Å²) in [7, 11) is 0. The molecule has 0 aliphatic heterocycles. The van der Waals surface area contributed by atoms with Gasteiger partial charge in [0.15, 0.2) is 0 Å². The van der Waals surface area contributed by atoms with Crippen molar-refractivity contribution in [3.05, 3.63) is 36.6 Å². The van der Waals surface area contributed by atoms with Crippen molar-refractivity contribution in [3.63, 3.8) is 0 Å². The minimum absolute atomic E-state index is 0.351. The molecule has 0 bridgehead atoms. The first-order valence-electron chi connectivity index (χ1n) is 4.03. The molecule has 0 heterocycles. The van der Waals surface area contributed by atoms with E-state index >= 15 is 0 Å². The van der Waals surface area contributed by atoms with Crippen LogP contribution in [0.1, 0.15) is 13.8 Å². The van der Waals surface area contributed by atoms with Crippen LogP contribution in [0.2, 0.25) is 0 Å². The van der Waals surface area contributed by atoms with Crippen LogP contribution in [0, 0.1) is 0 Å². The Morgan fingerprint density at radius 2 is 2.23 bits per heavy atom. The molecule has 72 valence electrons. The van der Waals surface area contributed by atoms with E-state index in [0.717, 1.165) is 5.57 Å². The molecule has 0 radical (unpaired) electrons. The van der Waals surface area contributed by atoms with Crippen molar-refractivity contribution < 1.29 is 9.53 Å². The molecule has 0 aromatic carbocycles. The van der Waals surface area contributed by atoms with Gasteiger partial charge in [-0.05, 0) is 26.0 Å². The average molecular weight is 181 g/mol. The number of hydrogen-bond acceptors (Lipinski definition) is 2. The van der Waals surface area contributed by atoms with Crippen LogP contribution in [0.4, 0.5) is 4.79 Å². The van der Waals surface area contributed by atoms with Crippen LogP contribution in [0.25, 0.3) is 0 Å². The topological polar surface area (TPSA) is 38.3 Å². The number of amides is 1. The number of hydrogen-bond donors (Lipinski definition) is 1. The second kappa shape index (κ2) is 6.06. The monoisotopic (exact) mass is 181 g/mol. The zero-order chi connectivity index (χ0) is 10.3. The van der Waals surface area contributed by atoms with Crippen LogP contribution in [0.5, 0.6) is 0 Å². The summed E-state index contributed by atoms with van der Waals surface area (Å²) >= 11 is 0. The van der Waals surface area contributed by atoms with E-state index in [9.17, 15) is 4.79 Å². The normalized spacial score (nSPS) is 10.5. The van der Waals surface area contributed by atoms with Crippen molar-refractivity contribution in [1.29, 1.82) is 0 Å². The highest BCUT2D eigenvalue weighted by molar-refractivity contribution is 5.70. The highest BCUT2D eigenvalue weighted by atomic mass is 16.5. The second-order valence-electron chi connectivity index (χ2n) is 2.50. The number of rotatable bonds is 4. The van der Waals surface area contributed by atoms with E-state index in [1.165, 1.54) is 6.08 Å². The SMILES string of the molecule is C=C/C(=C\C(=C)C)NC(=O)OCC. The van der Waals surface area contributed by atoms with E-state index in [0.29, 0.717) is 12.3 Å². The lowest BCUT2D eigenvalue weighted by Gasteiger charge is -2.05. The molecule has 0 saturated heterocycles. The number of alkyl carbamates (subject to hydrolysis) is 1. The summed E-state index contributed by atoms with van der Waals surface area (Å²) < 4.78 is 4.69. The summed E-state index contributed by atoms with van der Waals surface area (Å²) in [4.78, 5) is 10.9. The largest absolute Gasteiger partial charge is 0.450 e. The first-order valence-corrected chi connectivity index (χ1v) is 4.03. The molecule has 0 spiro atoms. The molecule has 13 heavy (non-hydrogen) atoms. The molecule has 0 rings (SSSR count). The summed E-state index contributed by atoms with van der Waals surface area (Å²) in [6.07, 6.45) is 2.77. The number of nitrogens with one attached hydrogen (secondary N) is 1. The minimum atomic E-state index is -0.477. The van der Waals surface area contributed by atoms with Gasteiger partial charge < -0.3 is 4.74 Å². The Balaban J connectivity index is 4.21. The fraction of sp³-hybridized carbons (Fsp3) is 0.300. The molecular weight excluding hydrogens is 166 g/mol. The van der Waals surface area contributed by atoms with Crippen LogP contribution in [0.3, 0.4) is 0 Å². The fourth-order valence-electron chi connectivity index (χ4n) is 0.697. The smallest absolute Gasteiger partial charge is 0.411 e. The maximum Gasteiger partial charge on any atom is 0.411 e. The van der Waals surface area contributed by atoms with E-state index < -0.39 is 6.09 Å². The van der Waals surface area contributed by atoms with Gasteiger partial charge in [-0.1, -0.05) is 18.7 Å². The molecule has 0 unspecified atom stereocenters. The summed E-state index contributed by atoms with van der Waals surface area (Å²) in [5.74, 6) is 0. The fourth-order valence-corrected chi connectivity index (χ4v) is 0.697. The van der Waals surface area contributed by atoms with Crippen molar-refractivity contribution in [1.82, 2.24) is 5.32 Å². The predicted octanol–water partition coefficient (Wildman–Crippen LogP) is 2.38. The van der Waals surface area contributed by atoms with Crippen molar-refractivity contribution >= 4 is 6.09 Å². The molecule has 0 fully saturated rings. The van der Waals surface area contributed by atoms with E-state index in [1.54, 1.807) is 13.0 Å². The average Bonchev–Trinajstić information content (AvgIpc) is 2.02. The second-order valence-corrected chi connectivity index (χ2v) is 2.50. The van der Waals surface area contributed by atoms with E-state index in [-0.39, 0.29) is 0 Å². The van der Waals surface area contributed by atoms with E-state index in [2.05, 4.69) is 23.2 Å². The molecule has 1 N–H and O–H groups in total. The van der Waals surface area contributed by atoms with Gasteiger partial charge in [0, 0.05) is 5.70 Å². The minimum Gasteiger partial charge on any atom is -0.450 e. The Morgan fingerprint density at radius 1 is 1.62 bits per heavy atom. The molecule has 0 saturated carbocycles. The molecule has 0 atom stereocenters. The number of ether oxygens (including phenoxy) is 1. The van der Waals surface area contributed by atoms with Gasteiger partial charge in [0.2, 0.25) is 0 Å². The van der Waals surface area contributed by atoms with Crippen molar-refractivity contribution in [3.8, 4) is 0 Å². The van der Waals surface area contributed by atoms with Gasteiger partial charge in [-0.15, -0.1) is 0 Å². The number of carbonyl (C=O) groups is 1. The highest BCUT2D eigenvalue weighted by Crippen LogP contribution is 1.98. The lowest BCUT2D eigenvalue weighted by atomic mass is 10.3. The molecule has 3 heteroatoms. The van der Waals surface area contributed by atoms with Crippen LogP contribution in [-0.2, 0) is 4.74 Å². The molecule has 0 aromatic heterocycles. The standard InChI is InChI=1S/C10H15NO2/c1-5-9(7-8(3)4)11-10(12)13-6-2/h5,7H,1,3,6H2,2,4H3,(H,11,12)/b9-7+. The van der Waals surface area contributed by atoms with Crippen molar-refractivity contribution in [2.24, 2.45) is 0 Å². The Bertz CT molecular complexity index is 241. The first kappa shape index (κ1) is 11.5. The third-order valence-corrected chi connectivity index (χ3v) is 1.14. The van der Waals surface area contributed by atoms with Gasteiger partial charge >= 0.3 is 6.09 Å². The van der Waals surface area contributed by atoms with Gasteiger partial charge in [-0.3, -0.25) is 5.32 Å². The Morgan fingerprint density at radius 3 is 2.62 bits per heavy atom. The van der Waals surface area contributed by atoms with Crippen molar-refractivity contribution in [2.75, 3.05) is 6.61 Å². The van der Waals surface area contributed by atoms with Crippen LogP contribution in [0.15, 0.2) is 36.6 Å². The molecule has 0 aliphatic rings. The summed E-state index contributed by atoms with van der Waals surface area (Å²) in [6, 6.07) is 0. The first-order chi connectivity index (χ1) is 6.10. The lowest BCUT2D eigenvalue weighted by molar-refractivity contribution is 0.155. The van der Waals surface area contributed by atoms with Gasteiger partial charge in [-0.25, -0.2) is 4.79 Å². The molecule has 0 aliphatic carbocycles. The summed E-state index contributed by atoms with van der Waals surface area (Å²) in [6.45, 7) is 11.2. The van der Waals surface area contributed by atoms with Crippen molar-refractivity contribution in [2.45, 2.75) is 13.8 Å². The Kier molecular flexibility index (Phi) is 5.35. The van der Waals surface area contributed by atoms with E-state index in [1.807, 2.05) is 6.92 Å². The van der Waals surface area contributed by atoms with Gasteiger partial charge in [0.1, 0.15) is 0 Å². The predicted molar refractivity (Wildman–Crippen MR) is 53.3 cm³/mol. The third-order valence-electron chi connectivity index (χ3n) is 1.14. The summed E-state index contributed by atoms with van der Waals surface area (Å²) in [5, 5.41) is 2.52. The van der Waals surface area contributed by atoms with Crippen LogP contribution >= 0.6 is 0 Å². The maximum absolute atomic E-state index is 10.9. The van der Waals surface area contributed by atoms with Crippen LogP contribution < -0.4 is 5.32 Å². The summed E-state index contributed by atoms with van der Waals surface area (Å²) in [5.41, 5.74) is 1.43. The number of allylic oxidation sites excluding steroid dienone is 3. The molecule has 0 aromatic rings. The Labute approximate surface area is 78.8 Å². The van der Waals surface area contributed by atoms with Gasteiger partial charge in [-0.2, -0.15) is 0 Å². The zero-order valence-electron chi connectivity index (χ0n) is 8.09. The van der Waals surface area contributed by atoms with Gasteiger partial charge in [0.25, 0.3) is 0 Å². The Hall–Kier alpha value is -1.51. The van der Waals surface area contributed by atoms with Gasteiger partial charge in [0.05, 0.1) is 6.61 Å². The number of carbonyl (C=O) groups excluding carboxylic acids is 1. The van der Waals surface area contributed by atoms with Crippen LogP contribution in [-0.4, -0.2) is 12.7 Å². The molecular formula is C10H15NO2. The molecule has 3 nitrogen and oxygen atoms in total. The molecule has 1 amide bonds.